The number of nitrogens with zero attached hydrogens (tertiary/aromatic N) is 3. The molecule has 13 aromatic carbocycles. The Morgan fingerprint density at radius 3 is 1.24 bits per heavy atom. The van der Waals surface area contributed by atoms with Crippen molar-refractivity contribution in [2.24, 2.45) is 0 Å². The third-order valence-electron chi connectivity index (χ3n) is 17.7. The molecule has 0 fully saturated rings. The van der Waals surface area contributed by atoms with Crippen molar-refractivity contribution in [1.29, 1.82) is 0 Å². The van der Waals surface area contributed by atoms with Crippen molar-refractivity contribution in [1.82, 2.24) is 0 Å². The molecule has 0 saturated heterocycles. The molecule has 5 heteroatoms. The molecule has 2 aliphatic heterocycles. The van der Waals surface area contributed by atoms with Crippen LogP contribution >= 0.6 is 0 Å². The number of hydrogen-bond donors (Lipinski definition) is 0. The van der Waals surface area contributed by atoms with Crippen LogP contribution in [0.3, 0.4) is 0 Å². The van der Waals surface area contributed by atoms with Crippen molar-refractivity contribution in [3.63, 3.8) is 0 Å². The van der Waals surface area contributed by atoms with E-state index in [2.05, 4.69) is 347 Å². The van der Waals surface area contributed by atoms with Gasteiger partial charge in [0, 0.05) is 67.8 Å². The van der Waals surface area contributed by atoms with Crippen LogP contribution in [0.1, 0.15) is 52.7 Å². The Bertz CT molecular complexity index is 4530. The first-order chi connectivity index (χ1) is 42.5. The summed E-state index contributed by atoms with van der Waals surface area (Å²) in [7, 11) is 0. The van der Waals surface area contributed by atoms with Gasteiger partial charge in [-0.3, -0.25) is 0 Å². The van der Waals surface area contributed by atoms with Crippen molar-refractivity contribution in [3.8, 4) is 44.9 Å². The Morgan fingerprint density at radius 1 is 0.333 bits per heavy atom. The average Bonchev–Trinajstić information content (AvgIpc) is 0.728. The third kappa shape index (κ3) is 9.33. The van der Waals surface area contributed by atoms with Crippen LogP contribution < -0.4 is 35.8 Å². The van der Waals surface area contributed by atoms with E-state index in [1.54, 1.807) is 0 Å². The minimum atomic E-state index is -0.245. The zero-order valence-electron chi connectivity index (χ0n) is 50.0. The number of benzene rings is 13. The highest BCUT2D eigenvalue weighted by molar-refractivity contribution is 6.99. The van der Waals surface area contributed by atoms with Crippen LogP contribution in [0.25, 0.3) is 54.9 Å². The lowest BCUT2D eigenvalue weighted by Crippen LogP contribution is -2.59. The van der Waals surface area contributed by atoms with E-state index >= 15 is 0 Å². The summed E-state index contributed by atoms with van der Waals surface area (Å²) in [5.74, 6) is 1.72. The fourth-order valence-corrected chi connectivity index (χ4v) is 13.5. The summed E-state index contributed by atoms with van der Waals surface area (Å²) >= 11 is 0. The van der Waals surface area contributed by atoms with Gasteiger partial charge in [-0.15, -0.1) is 0 Å². The lowest BCUT2D eigenvalue weighted by molar-refractivity contribution is 0.483. The summed E-state index contributed by atoms with van der Waals surface area (Å²) in [5.41, 5.74) is 22.4. The van der Waals surface area contributed by atoms with Gasteiger partial charge in [-0.05, 0) is 156 Å². The molecule has 0 spiro atoms. The Kier molecular flexibility index (Phi) is 13.1. The number of rotatable bonds is 10. The Balaban J connectivity index is 1.05. The first kappa shape index (κ1) is 53.4. The van der Waals surface area contributed by atoms with Crippen LogP contribution in [0.5, 0.6) is 11.5 Å². The molecule has 0 aliphatic carbocycles. The number of fused-ring (bicyclic) bond motifs is 6. The van der Waals surface area contributed by atoms with Crippen LogP contribution in [-0.2, 0) is 10.8 Å². The summed E-state index contributed by atoms with van der Waals surface area (Å²) < 4.78 is 7.54. The van der Waals surface area contributed by atoms with Crippen molar-refractivity contribution in [2.45, 2.75) is 52.4 Å². The monoisotopic (exact) mass is 1120 g/mol. The Hall–Kier alpha value is -10.4. The third-order valence-corrected chi connectivity index (χ3v) is 17.7. The molecule has 15 rings (SSSR count). The van der Waals surface area contributed by atoms with E-state index in [9.17, 15) is 0 Å². The number of ether oxygens (including phenoxy) is 1. The molecule has 2 heterocycles. The highest BCUT2D eigenvalue weighted by Gasteiger charge is 2.44. The average molecular weight is 1120 g/mol. The number of para-hydroxylation sites is 4. The van der Waals surface area contributed by atoms with Gasteiger partial charge < -0.3 is 19.4 Å². The first-order valence-corrected chi connectivity index (χ1v) is 30.4. The topological polar surface area (TPSA) is 19.0 Å². The van der Waals surface area contributed by atoms with Crippen molar-refractivity contribution >= 4 is 95.8 Å². The lowest BCUT2D eigenvalue weighted by atomic mass is 9.34. The Labute approximate surface area is 511 Å². The predicted octanol–water partition coefficient (Wildman–Crippen LogP) is 20.9. The molecule has 0 aromatic heterocycles. The van der Waals surface area contributed by atoms with Crippen LogP contribution in [0.15, 0.2) is 291 Å². The smallest absolute Gasteiger partial charge is 0.256 e. The first-order valence-electron chi connectivity index (χ1n) is 30.4. The zero-order chi connectivity index (χ0) is 59.0. The molecule has 87 heavy (non-hydrogen) atoms. The van der Waals surface area contributed by atoms with E-state index in [4.69, 9.17) is 4.74 Å². The fourth-order valence-electron chi connectivity index (χ4n) is 13.5. The van der Waals surface area contributed by atoms with Gasteiger partial charge in [-0.2, -0.15) is 0 Å². The van der Waals surface area contributed by atoms with E-state index in [-0.39, 0.29) is 17.5 Å². The maximum atomic E-state index is 7.54. The van der Waals surface area contributed by atoms with Crippen LogP contribution in [-0.4, -0.2) is 6.71 Å². The van der Waals surface area contributed by atoms with Crippen molar-refractivity contribution in [2.75, 3.05) is 14.7 Å². The molecule has 418 valence electrons. The van der Waals surface area contributed by atoms with E-state index in [0.29, 0.717) is 0 Å². The largest absolute Gasteiger partial charge is 0.458 e. The highest BCUT2D eigenvalue weighted by Crippen LogP contribution is 2.54. The van der Waals surface area contributed by atoms with Crippen LogP contribution in [0.2, 0.25) is 0 Å². The van der Waals surface area contributed by atoms with Gasteiger partial charge in [0.25, 0.3) is 6.71 Å². The van der Waals surface area contributed by atoms with E-state index in [1.807, 2.05) is 0 Å². The molecular formula is C82H66BN3O. The quantitative estimate of drug-likeness (QED) is 0.100. The molecular weight excluding hydrogens is 1050 g/mol. The molecule has 0 atom stereocenters. The maximum absolute atomic E-state index is 7.54. The lowest BCUT2D eigenvalue weighted by Gasteiger charge is -2.43. The van der Waals surface area contributed by atoms with Crippen LogP contribution in [0.4, 0.5) is 51.2 Å². The molecule has 0 amide bonds. The second-order valence-electron chi connectivity index (χ2n) is 25.3. The summed E-state index contributed by atoms with van der Waals surface area (Å²) in [6, 6.07) is 107. The van der Waals surface area contributed by atoms with Crippen molar-refractivity contribution < 1.29 is 4.74 Å². The summed E-state index contributed by atoms with van der Waals surface area (Å²) in [6.07, 6.45) is 0. The standard InChI is InChI=1S/C82H66BN3O/c1-81(2,3)58-50-69(55-29-13-7-14-30-55)80(70(51-58)56-31-15-8-16-32-56)86-73-49-57(77-65-41-25-27-43-67(65)79(68-44-28-26-42-66(68)77)85(62-37-21-11-22-38-62)63-39-23-12-24-40-63)45-47-71(73)83-72-48-46-64(84(60-33-17-9-18-34-60)61-35-19-10-20-36-61)54-75(72)87-76-53-59(82(4,5)6)52-74(86)78(76)83/h7-54H,1-6H3. The molecule has 13 aromatic rings. The molecule has 0 unspecified atom stereocenters. The normalized spacial score (nSPS) is 12.5. The summed E-state index contributed by atoms with van der Waals surface area (Å²) in [5, 5.41) is 4.70. The molecule has 0 bridgehead atoms. The van der Waals surface area contributed by atoms with Gasteiger partial charge >= 0.3 is 0 Å². The van der Waals surface area contributed by atoms with Gasteiger partial charge in [-0.25, -0.2) is 0 Å². The summed E-state index contributed by atoms with van der Waals surface area (Å²) in [4.78, 5) is 7.41. The number of hydrogen-bond acceptors (Lipinski definition) is 4. The predicted molar refractivity (Wildman–Crippen MR) is 370 cm³/mol. The minimum Gasteiger partial charge on any atom is -0.458 e. The van der Waals surface area contributed by atoms with Gasteiger partial charge in [-0.1, -0.05) is 242 Å². The number of anilines is 9. The molecule has 0 saturated carbocycles. The molecule has 4 nitrogen and oxygen atoms in total. The summed E-state index contributed by atoms with van der Waals surface area (Å²) in [6.45, 7) is 13.8. The zero-order valence-corrected chi connectivity index (χ0v) is 50.0. The van der Waals surface area contributed by atoms with Gasteiger partial charge in [0.05, 0.1) is 11.4 Å². The SMILES string of the molecule is CC(C)(C)c1cc(-c2ccccc2)c(N2c3cc(-c4c5ccccc5c(N(c5ccccc5)c5ccccc5)c5ccccc45)ccc3B3c4ccc(N(c5ccccc5)c5ccccc5)cc4Oc4cc(C(C)(C)C)cc2c43)c(-c2ccccc2)c1. The second-order valence-corrected chi connectivity index (χ2v) is 25.3. The minimum absolute atomic E-state index is 0.160. The Morgan fingerprint density at radius 2 is 0.759 bits per heavy atom. The van der Waals surface area contributed by atoms with Gasteiger partial charge in [0.2, 0.25) is 0 Å². The maximum Gasteiger partial charge on any atom is 0.256 e. The van der Waals surface area contributed by atoms with Crippen molar-refractivity contribution in [3.05, 3.63) is 302 Å². The fraction of sp³-hybridized carbons (Fsp3) is 0.0976. The van der Waals surface area contributed by atoms with E-state index < -0.39 is 0 Å². The highest BCUT2D eigenvalue weighted by atomic mass is 16.5. The molecule has 0 N–H and O–H groups in total. The van der Waals surface area contributed by atoms with E-state index in [1.165, 1.54) is 43.7 Å². The van der Waals surface area contributed by atoms with Gasteiger partial charge in [0.1, 0.15) is 11.5 Å². The van der Waals surface area contributed by atoms with E-state index in [0.717, 1.165) is 101 Å². The molecule has 2 aliphatic rings. The second kappa shape index (κ2) is 21.3. The van der Waals surface area contributed by atoms with Gasteiger partial charge in [0.15, 0.2) is 0 Å². The van der Waals surface area contributed by atoms with Crippen LogP contribution in [0, 0.1) is 0 Å². The molecule has 0 radical (unpaired) electrons.